The summed E-state index contributed by atoms with van der Waals surface area (Å²) in [5.41, 5.74) is 6.09. The molecule has 0 aliphatic carbocycles. The highest BCUT2D eigenvalue weighted by atomic mass is 17.2. The summed E-state index contributed by atoms with van der Waals surface area (Å²) >= 11 is 0. The lowest BCUT2D eigenvalue weighted by atomic mass is 10.1. The van der Waals surface area contributed by atoms with Gasteiger partial charge in [0.05, 0.1) is 0 Å². The van der Waals surface area contributed by atoms with Crippen molar-refractivity contribution in [2.75, 3.05) is 0 Å². The summed E-state index contributed by atoms with van der Waals surface area (Å²) in [6.07, 6.45) is 2.56. The van der Waals surface area contributed by atoms with E-state index in [1.54, 1.807) is 6.92 Å². The zero-order valence-electron chi connectivity index (χ0n) is 10.8. The Labute approximate surface area is 115 Å². The number of phenolic OH excluding ortho intramolecular Hbond substituents is 2. The van der Waals surface area contributed by atoms with E-state index in [1.165, 1.54) is 24.3 Å². The van der Waals surface area contributed by atoms with Crippen LogP contribution in [0.15, 0.2) is 30.4 Å². The highest BCUT2D eigenvalue weighted by Gasteiger charge is 2.19. The molecule has 1 rings (SSSR count). The number of allylic oxidation sites excluding steroid dienone is 1. The second kappa shape index (κ2) is 7.15. The smallest absolute Gasteiger partial charge is 0.378 e. The Kier molecular flexibility index (Phi) is 5.55. The van der Waals surface area contributed by atoms with Crippen LogP contribution in [0.4, 0.5) is 0 Å². The number of phenols is 2. The Balaban J connectivity index is 2.53. The normalized spacial score (nSPS) is 12.1. The molecule has 0 bridgehead atoms. The van der Waals surface area contributed by atoms with Crippen LogP contribution in [0.5, 0.6) is 11.5 Å². The van der Waals surface area contributed by atoms with E-state index in [-0.39, 0.29) is 17.9 Å². The van der Waals surface area contributed by atoms with Crippen LogP contribution in [0.25, 0.3) is 0 Å². The number of carbonyl (C=O) groups is 2. The van der Waals surface area contributed by atoms with Gasteiger partial charge in [-0.05, 0) is 31.0 Å². The minimum Gasteiger partial charge on any atom is -0.504 e. The van der Waals surface area contributed by atoms with Crippen LogP contribution in [-0.2, 0) is 25.8 Å². The molecule has 0 aliphatic rings. The molecule has 0 saturated carbocycles. The number of aromatic hydroxyl groups is 2. The third-order valence-corrected chi connectivity index (χ3v) is 2.31. The summed E-state index contributed by atoms with van der Waals surface area (Å²) in [5.74, 6) is -2.33. The van der Waals surface area contributed by atoms with E-state index in [1.807, 2.05) is 0 Å². The Morgan fingerprint density at radius 3 is 2.60 bits per heavy atom. The molecule has 0 spiro atoms. The van der Waals surface area contributed by atoms with Crippen LogP contribution in [0.2, 0.25) is 0 Å². The largest absolute Gasteiger partial charge is 0.504 e. The molecule has 0 fully saturated rings. The molecule has 1 atom stereocenters. The van der Waals surface area contributed by atoms with E-state index in [9.17, 15) is 14.7 Å². The van der Waals surface area contributed by atoms with Crippen LogP contribution in [0, 0.1) is 0 Å². The molecule has 7 nitrogen and oxygen atoms in total. The standard InChI is InChI=1S/C13H15NO6/c1-2-3-12(17)19-20-13(18)9(14)6-8-4-5-10(15)11(16)7-8/h2-5,7,9,15-16H,6,14H2,1H3/b3-2+. The average molecular weight is 281 g/mol. The summed E-state index contributed by atoms with van der Waals surface area (Å²) in [6, 6.07) is 2.97. The number of hydrogen-bond donors (Lipinski definition) is 3. The SMILES string of the molecule is C/C=C/C(=O)OOC(=O)C(N)Cc1ccc(O)c(O)c1. The van der Waals surface area contributed by atoms with Gasteiger partial charge in [0.15, 0.2) is 11.5 Å². The molecule has 1 aromatic rings. The van der Waals surface area contributed by atoms with Crippen molar-refractivity contribution in [1.29, 1.82) is 0 Å². The van der Waals surface area contributed by atoms with Gasteiger partial charge >= 0.3 is 11.9 Å². The van der Waals surface area contributed by atoms with Crippen molar-refractivity contribution in [1.82, 2.24) is 0 Å². The minimum absolute atomic E-state index is 0.0494. The minimum atomic E-state index is -1.07. The monoisotopic (exact) mass is 281 g/mol. The Hall–Kier alpha value is -2.54. The maximum absolute atomic E-state index is 11.4. The van der Waals surface area contributed by atoms with E-state index >= 15 is 0 Å². The van der Waals surface area contributed by atoms with Crippen LogP contribution in [-0.4, -0.2) is 28.2 Å². The van der Waals surface area contributed by atoms with Gasteiger partial charge in [-0.2, -0.15) is 0 Å². The van der Waals surface area contributed by atoms with Crippen molar-refractivity contribution in [3.05, 3.63) is 35.9 Å². The summed E-state index contributed by atoms with van der Waals surface area (Å²) < 4.78 is 0. The van der Waals surface area contributed by atoms with Crippen molar-refractivity contribution in [2.24, 2.45) is 5.73 Å². The Bertz CT molecular complexity index is 526. The first-order valence-electron chi connectivity index (χ1n) is 5.75. The number of nitrogens with two attached hydrogens (primary N) is 1. The predicted molar refractivity (Wildman–Crippen MR) is 68.4 cm³/mol. The van der Waals surface area contributed by atoms with Crippen molar-refractivity contribution < 1.29 is 29.6 Å². The molecular weight excluding hydrogens is 266 g/mol. The maximum Gasteiger partial charge on any atom is 0.378 e. The lowest BCUT2D eigenvalue weighted by Crippen LogP contribution is -2.34. The van der Waals surface area contributed by atoms with Gasteiger partial charge in [-0.15, -0.1) is 0 Å². The fraction of sp³-hybridized carbons (Fsp3) is 0.231. The van der Waals surface area contributed by atoms with Gasteiger partial charge in [0.1, 0.15) is 6.04 Å². The lowest BCUT2D eigenvalue weighted by molar-refractivity contribution is -0.255. The molecular formula is C13H15NO6. The van der Waals surface area contributed by atoms with E-state index in [0.29, 0.717) is 5.56 Å². The summed E-state index contributed by atoms with van der Waals surface area (Å²) in [6.45, 7) is 1.60. The highest BCUT2D eigenvalue weighted by molar-refractivity contribution is 5.83. The van der Waals surface area contributed by atoms with Gasteiger partial charge in [0.2, 0.25) is 0 Å². The molecule has 108 valence electrons. The summed E-state index contributed by atoms with van der Waals surface area (Å²) in [5, 5.41) is 18.4. The third-order valence-electron chi connectivity index (χ3n) is 2.31. The second-order valence-electron chi connectivity index (χ2n) is 3.94. The van der Waals surface area contributed by atoms with Crippen molar-refractivity contribution >= 4 is 11.9 Å². The van der Waals surface area contributed by atoms with Crippen molar-refractivity contribution in [3.8, 4) is 11.5 Å². The summed E-state index contributed by atoms with van der Waals surface area (Å²) in [4.78, 5) is 30.8. The fourth-order valence-corrected chi connectivity index (χ4v) is 1.34. The maximum atomic E-state index is 11.4. The van der Waals surface area contributed by atoms with Gasteiger partial charge in [0, 0.05) is 6.08 Å². The first kappa shape index (κ1) is 15.5. The molecule has 20 heavy (non-hydrogen) atoms. The molecule has 0 aromatic heterocycles. The number of rotatable bonds is 4. The molecule has 0 heterocycles. The zero-order chi connectivity index (χ0) is 15.1. The molecule has 0 aliphatic heterocycles. The van der Waals surface area contributed by atoms with Gasteiger partial charge in [0.25, 0.3) is 0 Å². The molecule has 7 heteroatoms. The van der Waals surface area contributed by atoms with E-state index in [2.05, 4.69) is 9.78 Å². The van der Waals surface area contributed by atoms with Gasteiger partial charge < -0.3 is 15.9 Å². The topological polar surface area (TPSA) is 119 Å². The lowest BCUT2D eigenvalue weighted by Gasteiger charge is -2.10. The van der Waals surface area contributed by atoms with Gasteiger partial charge in [-0.3, -0.25) is 0 Å². The summed E-state index contributed by atoms with van der Waals surface area (Å²) in [7, 11) is 0. The molecule has 0 saturated heterocycles. The molecule has 4 N–H and O–H groups in total. The third kappa shape index (κ3) is 4.62. The van der Waals surface area contributed by atoms with Crippen LogP contribution < -0.4 is 5.73 Å². The van der Waals surface area contributed by atoms with Crippen LogP contribution in [0.1, 0.15) is 12.5 Å². The fourth-order valence-electron chi connectivity index (χ4n) is 1.34. The molecule has 1 aromatic carbocycles. The Morgan fingerprint density at radius 2 is 2.00 bits per heavy atom. The predicted octanol–water partition coefficient (Wildman–Crippen LogP) is 0.545. The Morgan fingerprint density at radius 1 is 1.30 bits per heavy atom. The second-order valence-corrected chi connectivity index (χ2v) is 3.94. The van der Waals surface area contributed by atoms with Crippen LogP contribution >= 0.6 is 0 Å². The number of benzene rings is 1. The average Bonchev–Trinajstić information content (AvgIpc) is 2.40. The van der Waals surface area contributed by atoms with E-state index in [0.717, 1.165) is 6.08 Å². The zero-order valence-corrected chi connectivity index (χ0v) is 10.8. The van der Waals surface area contributed by atoms with Crippen molar-refractivity contribution in [3.63, 3.8) is 0 Å². The number of carbonyl (C=O) groups excluding carboxylic acids is 2. The van der Waals surface area contributed by atoms with Gasteiger partial charge in [-0.1, -0.05) is 12.1 Å². The number of hydrogen-bond acceptors (Lipinski definition) is 7. The first-order valence-corrected chi connectivity index (χ1v) is 5.75. The molecule has 0 amide bonds. The highest BCUT2D eigenvalue weighted by Crippen LogP contribution is 2.25. The first-order chi connectivity index (χ1) is 9.43. The van der Waals surface area contributed by atoms with E-state index in [4.69, 9.17) is 10.8 Å². The van der Waals surface area contributed by atoms with E-state index < -0.39 is 18.0 Å². The van der Waals surface area contributed by atoms with Crippen LogP contribution in [0.3, 0.4) is 0 Å². The van der Waals surface area contributed by atoms with Gasteiger partial charge in [-0.25, -0.2) is 19.4 Å². The molecule has 0 radical (unpaired) electrons. The van der Waals surface area contributed by atoms with Crippen molar-refractivity contribution in [2.45, 2.75) is 19.4 Å². The molecule has 1 unspecified atom stereocenters. The quantitative estimate of drug-likeness (QED) is 0.319.